The van der Waals surface area contributed by atoms with Crippen molar-refractivity contribution >= 4 is 21.8 Å². The number of carbonyl (C=O) groups excluding carboxylic acids is 1. The highest BCUT2D eigenvalue weighted by Gasteiger charge is 2.20. The first-order valence-electron chi connectivity index (χ1n) is 6.26. The van der Waals surface area contributed by atoms with E-state index in [1.807, 2.05) is 36.1 Å². The summed E-state index contributed by atoms with van der Waals surface area (Å²) in [7, 11) is 0. The molecule has 1 amide bonds. The van der Waals surface area contributed by atoms with Crippen LogP contribution in [0.2, 0.25) is 0 Å². The molecule has 0 aromatic heterocycles. The van der Waals surface area contributed by atoms with Crippen molar-refractivity contribution in [3.05, 3.63) is 35.4 Å². The fourth-order valence-electron chi connectivity index (χ4n) is 2.10. The highest BCUT2D eigenvalue weighted by Crippen LogP contribution is 2.13. The summed E-state index contributed by atoms with van der Waals surface area (Å²) in [5.41, 5.74) is 1.94. The topological polar surface area (TPSA) is 29.5 Å². The molecular weight excluding hydrogens is 294 g/mol. The predicted molar refractivity (Wildman–Crippen MR) is 75.0 cm³/mol. The minimum Gasteiger partial charge on any atom is -0.377 e. The van der Waals surface area contributed by atoms with E-state index in [1.54, 1.807) is 0 Å². The molecule has 0 N–H and O–H groups in total. The Hall–Kier alpha value is -0.870. The Morgan fingerprint density at radius 1 is 1.44 bits per heavy atom. The number of hydrogen-bond acceptors (Lipinski definition) is 2. The van der Waals surface area contributed by atoms with E-state index in [4.69, 9.17) is 4.74 Å². The van der Waals surface area contributed by atoms with Crippen LogP contribution >= 0.6 is 15.9 Å². The first-order chi connectivity index (χ1) is 8.70. The molecule has 1 aromatic carbocycles. The van der Waals surface area contributed by atoms with E-state index in [0.29, 0.717) is 6.54 Å². The second-order valence-electron chi connectivity index (χ2n) is 4.62. The molecule has 1 heterocycles. The van der Waals surface area contributed by atoms with E-state index >= 15 is 0 Å². The summed E-state index contributed by atoms with van der Waals surface area (Å²) in [6.07, 6.45) is 1.04. The number of carbonyl (C=O) groups is 1. The number of hydrogen-bond donors (Lipinski definition) is 0. The van der Waals surface area contributed by atoms with Crippen LogP contribution in [0.5, 0.6) is 0 Å². The van der Waals surface area contributed by atoms with E-state index in [-0.39, 0.29) is 12.0 Å². The van der Waals surface area contributed by atoms with Gasteiger partial charge in [0.25, 0.3) is 5.91 Å². The van der Waals surface area contributed by atoms with Crippen LogP contribution in [-0.2, 0) is 10.1 Å². The highest BCUT2D eigenvalue weighted by atomic mass is 79.9. The van der Waals surface area contributed by atoms with Crippen LogP contribution in [0.4, 0.5) is 0 Å². The number of amides is 1. The molecule has 0 spiro atoms. The molecule has 0 aliphatic carbocycles. The predicted octanol–water partition coefficient (Wildman–Crippen LogP) is 2.83. The van der Waals surface area contributed by atoms with Gasteiger partial charge in [-0.25, -0.2) is 0 Å². The van der Waals surface area contributed by atoms with Gasteiger partial charge in [-0.1, -0.05) is 28.1 Å². The zero-order valence-corrected chi connectivity index (χ0v) is 12.1. The Kier molecular flexibility index (Phi) is 4.78. The molecule has 4 heteroatoms. The number of ether oxygens (including phenoxy) is 1. The van der Waals surface area contributed by atoms with Crippen molar-refractivity contribution in [2.24, 2.45) is 0 Å². The number of nitrogens with zero attached hydrogens (tertiary/aromatic N) is 1. The number of rotatable bonds is 2. The Morgan fingerprint density at radius 2 is 2.17 bits per heavy atom. The molecule has 0 radical (unpaired) electrons. The second kappa shape index (κ2) is 6.34. The molecule has 1 aromatic rings. The van der Waals surface area contributed by atoms with Crippen LogP contribution in [0.25, 0.3) is 0 Å². The molecular formula is C14H18BrNO2. The summed E-state index contributed by atoms with van der Waals surface area (Å²) in [5.74, 6) is 0.105. The minimum absolute atomic E-state index is 0.105. The minimum atomic E-state index is 0.105. The maximum absolute atomic E-state index is 12.4. The number of alkyl halides is 1. The van der Waals surface area contributed by atoms with Gasteiger partial charge in [-0.05, 0) is 31.0 Å². The Morgan fingerprint density at radius 3 is 2.83 bits per heavy atom. The van der Waals surface area contributed by atoms with Gasteiger partial charge in [0.15, 0.2) is 0 Å². The molecule has 3 nitrogen and oxygen atoms in total. The number of halogens is 1. The molecule has 0 saturated carbocycles. The van der Waals surface area contributed by atoms with Gasteiger partial charge in [0.05, 0.1) is 6.10 Å². The lowest BCUT2D eigenvalue weighted by atomic mass is 10.1. The van der Waals surface area contributed by atoms with Gasteiger partial charge < -0.3 is 9.64 Å². The zero-order valence-electron chi connectivity index (χ0n) is 10.6. The molecule has 1 atom stereocenters. The van der Waals surface area contributed by atoms with Crippen molar-refractivity contribution in [3.8, 4) is 0 Å². The summed E-state index contributed by atoms with van der Waals surface area (Å²) in [5, 5.41) is 0.816. The van der Waals surface area contributed by atoms with Gasteiger partial charge in [0, 0.05) is 30.6 Å². The Bertz CT molecular complexity index is 405. The monoisotopic (exact) mass is 311 g/mol. The summed E-state index contributed by atoms with van der Waals surface area (Å²) in [4.78, 5) is 14.2. The fraction of sp³-hybridized carbons (Fsp3) is 0.500. The molecule has 2 rings (SSSR count). The van der Waals surface area contributed by atoms with Gasteiger partial charge in [0.1, 0.15) is 0 Å². The molecule has 98 valence electrons. The highest BCUT2D eigenvalue weighted by molar-refractivity contribution is 9.08. The third kappa shape index (κ3) is 3.33. The van der Waals surface area contributed by atoms with Gasteiger partial charge in [-0.3, -0.25) is 4.79 Å². The molecule has 18 heavy (non-hydrogen) atoms. The maximum Gasteiger partial charge on any atom is 0.253 e. The van der Waals surface area contributed by atoms with Crippen LogP contribution in [0.15, 0.2) is 24.3 Å². The molecule has 1 aliphatic heterocycles. The molecule has 1 fully saturated rings. The third-order valence-electron chi connectivity index (χ3n) is 3.09. The standard InChI is InChI=1S/C14H18BrNO2/c1-11-10-16(7-2-8-18-11)14(17)13-5-3-12(9-15)4-6-13/h3-6,11H,2,7-10H2,1H3. The van der Waals surface area contributed by atoms with Crippen LogP contribution in [-0.4, -0.2) is 36.6 Å². The number of benzene rings is 1. The van der Waals surface area contributed by atoms with Crippen LogP contribution in [0.1, 0.15) is 29.3 Å². The van der Waals surface area contributed by atoms with Gasteiger partial charge >= 0.3 is 0 Å². The van der Waals surface area contributed by atoms with Crippen LogP contribution in [0, 0.1) is 0 Å². The van der Waals surface area contributed by atoms with Crippen molar-refractivity contribution in [1.82, 2.24) is 4.90 Å². The average Bonchev–Trinajstić information content (AvgIpc) is 2.63. The first kappa shape index (κ1) is 13.6. The van der Waals surface area contributed by atoms with E-state index in [2.05, 4.69) is 15.9 Å². The lowest BCUT2D eigenvalue weighted by Gasteiger charge is -2.22. The SMILES string of the molecule is CC1CN(C(=O)c2ccc(CBr)cc2)CCCO1. The molecule has 1 aliphatic rings. The summed E-state index contributed by atoms with van der Waals surface area (Å²) in [6, 6.07) is 7.77. The Labute approximate surface area is 116 Å². The van der Waals surface area contributed by atoms with Crippen molar-refractivity contribution in [1.29, 1.82) is 0 Å². The van der Waals surface area contributed by atoms with Crippen molar-refractivity contribution in [2.45, 2.75) is 24.8 Å². The summed E-state index contributed by atoms with van der Waals surface area (Å²) < 4.78 is 5.56. The van der Waals surface area contributed by atoms with Gasteiger partial charge in [0.2, 0.25) is 0 Å². The van der Waals surface area contributed by atoms with Crippen LogP contribution in [0.3, 0.4) is 0 Å². The summed E-state index contributed by atoms with van der Waals surface area (Å²) >= 11 is 3.40. The molecule has 1 saturated heterocycles. The van der Waals surface area contributed by atoms with Gasteiger partial charge in [-0.15, -0.1) is 0 Å². The van der Waals surface area contributed by atoms with E-state index < -0.39 is 0 Å². The zero-order chi connectivity index (χ0) is 13.0. The maximum atomic E-state index is 12.4. The van der Waals surface area contributed by atoms with Crippen molar-refractivity contribution in [2.75, 3.05) is 19.7 Å². The summed E-state index contributed by atoms with van der Waals surface area (Å²) in [6.45, 7) is 4.22. The Balaban J connectivity index is 2.08. The average molecular weight is 312 g/mol. The fourth-order valence-corrected chi connectivity index (χ4v) is 2.47. The lowest BCUT2D eigenvalue weighted by Crippen LogP contribution is -2.35. The van der Waals surface area contributed by atoms with E-state index in [9.17, 15) is 4.79 Å². The molecule has 0 bridgehead atoms. The van der Waals surface area contributed by atoms with E-state index in [1.165, 1.54) is 5.56 Å². The third-order valence-corrected chi connectivity index (χ3v) is 3.74. The quantitative estimate of drug-likeness (QED) is 0.786. The van der Waals surface area contributed by atoms with Gasteiger partial charge in [-0.2, -0.15) is 0 Å². The van der Waals surface area contributed by atoms with Crippen molar-refractivity contribution < 1.29 is 9.53 Å². The largest absolute Gasteiger partial charge is 0.377 e. The lowest BCUT2D eigenvalue weighted by molar-refractivity contribution is 0.0562. The second-order valence-corrected chi connectivity index (χ2v) is 5.18. The van der Waals surface area contributed by atoms with E-state index in [0.717, 1.165) is 30.5 Å². The van der Waals surface area contributed by atoms with Crippen LogP contribution < -0.4 is 0 Å². The molecule has 1 unspecified atom stereocenters. The smallest absolute Gasteiger partial charge is 0.253 e. The normalized spacial score (nSPS) is 20.6. The first-order valence-corrected chi connectivity index (χ1v) is 7.38. The van der Waals surface area contributed by atoms with Crippen molar-refractivity contribution in [3.63, 3.8) is 0 Å².